The van der Waals surface area contributed by atoms with Crippen molar-refractivity contribution in [3.8, 4) is 35.2 Å². The summed E-state index contributed by atoms with van der Waals surface area (Å²) in [6.45, 7) is 3.94. The molecule has 8 nitrogen and oxygen atoms in total. The molecule has 1 saturated carbocycles. The first-order valence-corrected chi connectivity index (χ1v) is 18.5. The van der Waals surface area contributed by atoms with E-state index in [4.69, 9.17) is 20.9 Å². The number of likely N-dealkylation sites (tertiary alicyclic amines) is 1. The number of piperazine rings is 1. The first-order valence-electron chi connectivity index (χ1n) is 17.7. The van der Waals surface area contributed by atoms with Crippen LogP contribution in [0.15, 0.2) is 35.2 Å². The number of fused-ring (bicyclic) bond motifs is 6. The number of alkyl halides is 3. The number of hydrogen-bond donors (Lipinski definition) is 2. The number of anilines is 1. The van der Waals surface area contributed by atoms with Crippen LogP contribution < -0.4 is 15.0 Å². The van der Waals surface area contributed by atoms with Crippen molar-refractivity contribution in [3.63, 3.8) is 0 Å². The minimum absolute atomic E-state index is 0.000711. The molecule has 4 aromatic rings. The number of morpholine rings is 1. The highest BCUT2D eigenvalue weighted by Gasteiger charge is 2.47. The zero-order valence-corrected chi connectivity index (χ0v) is 28.9. The van der Waals surface area contributed by atoms with Crippen LogP contribution in [-0.2, 0) is 4.74 Å². The first kappa shape index (κ1) is 33.9. The van der Waals surface area contributed by atoms with Crippen molar-refractivity contribution in [1.29, 1.82) is 0 Å². The van der Waals surface area contributed by atoms with Gasteiger partial charge in [-0.2, -0.15) is 23.1 Å². The number of thioether (sulfide) groups is 1. The maximum Gasteiger partial charge on any atom is 0.446 e. The molecule has 4 aliphatic heterocycles. The summed E-state index contributed by atoms with van der Waals surface area (Å²) in [5.74, 6) is 0.312. The van der Waals surface area contributed by atoms with Gasteiger partial charge in [-0.15, -0.1) is 6.42 Å². The number of aromatic hydroxyl groups is 1. The van der Waals surface area contributed by atoms with Crippen molar-refractivity contribution in [2.24, 2.45) is 5.41 Å². The van der Waals surface area contributed by atoms with Crippen LogP contribution in [-0.4, -0.2) is 89.1 Å². The molecule has 52 heavy (non-hydrogen) atoms. The van der Waals surface area contributed by atoms with E-state index in [2.05, 4.69) is 21.1 Å². The Hall–Kier alpha value is -3.90. The number of ether oxygens (including phenoxy) is 2. The number of halogens is 5. The van der Waals surface area contributed by atoms with Crippen LogP contribution in [0.3, 0.4) is 0 Å². The fraction of sp³-hybridized carbons (Fsp3) is 0.474. The van der Waals surface area contributed by atoms with Gasteiger partial charge in [-0.05, 0) is 85.5 Å². The molecule has 2 N–H and O–H groups in total. The number of rotatable bonds is 8. The molecule has 4 saturated heterocycles. The van der Waals surface area contributed by atoms with E-state index in [-0.39, 0.29) is 74.3 Å². The van der Waals surface area contributed by atoms with Gasteiger partial charge in [-0.3, -0.25) is 4.90 Å². The predicted molar refractivity (Wildman–Crippen MR) is 188 cm³/mol. The van der Waals surface area contributed by atoms with E-state index in [1.807, 2.05) is 4.90 Å². The lowest BCUT2D eigenvalue weighted by molar-refractivity contribution is -0.0460. The summed E-state index contributed by atoms with van der Waals surface area (Å²) >= 11 is -0.499. The molecule has 14 heteroatoms. The van der Waals surface area contributed by atoms with Crippen LogP contribution in [0.1, 0.15) is 44.1 Å². The summed E-state index contributed by atoms with van der Waals surface area (Å²) in [7, 11) is 0. The van der Waals surface area contributed by atoms with E-state index >= 15 is 8.78 Å². The third kappa shape index (κ3) is 6.29. The van der Waals surface area contributed by atoms with E-state index in [0.29, 0.717) is 25.5 Å². The molecule has 5 heterocycles. The third-order valence-corrected chi connectivity index (χ3v) is 12.0. The van der Waals surface area contributed by atoms with Crippen LogP contribution in [0.2, 0.25) is 0 Å². The molecule has 0 radical (unpaired) electrons. The molecule has 9 rings (SSSR count). The topological polar surface area (TPSA) is 83.0 Å². The second kappa shape index (κ2) is 12.6. The minimum Gasteiger partial charge on any atom is -0.508 e. The zero-order valence-electron chi connectivity index (χ0n) is 28.1. The van der Waals surface area contributed by atoms with E-state index in [9.17, 15) is 18.3 Å². The van der Waals surface area contributed by atoms with Crippen molar-refractivity contribution in [1.82, 2.24) is 20.2 Å². The highest BCUT2D eigenvalue weighted by Crippen LogP contribution is 2.50. The van der Waals surface area contributed by atoms with Gasteiger partial charge in [0.05, 0.1) is 24.4 Å². The molecule has 272 valence electrons. The summed E-state index contributed by atoms with van der Waals surface area (Å²) < 4.78 is 87.5. The Bertz CT molecular complexity index is 2120. The number of hydrogen-bond acceptors (Lipinski definition) is 9. The van der Waals surface area contributed by atoms with Gasteiger partial charge < -0.3 is 24.8 Å². The molecule has 5 fully saturated rings. The van der Waals surface area contributed by atoms with E-state index in [1.165, 1.54) is 18.2 Å². The molecule has 4 atom stereocenters. The normalized spacial score (nSPS) is 25.2. The third-order valence-electron chi connectivity index (χ3n) is 11.2. The lowest BCUT2D eigenvalue weighted by Gasteiger charge is -2.35. The van der Waals surface area contributed by atoms with Crippen molar-refractivity contribution < 1.29 is 36.5 Å². The van der Waals surface area contributed by atoms with Crippen LogP contribution >= 0.6 is 11.8 Å². The van der Waals surface area contributed by atoms with Crippen LogP contribution in [0, 0.1) is 29.4 Å². The predicted octanol–water partition coefficient (Wildman–Crippen LogP) is 6.99. The molecule has 1 aromatic heterocycles. The lowest BCUT2D eigenvalue weighted by atomic mass is 9.93. The number of phenolic OH excluding ortho intramolecular Hbond substituents is 1. The van der Waals surface area contributed by atoms with Crippen molar-refractivity contribution in [3.05, 3.63) is 47.5 Å². The Kier molecular flexibility index (Phi) is 8.22. The van der Waals surface area contributed by atoms with Crippen LogP contribution in [0.5, 0.6) is 11.8 Å². The van der Waals surface area contributed by atoms with E-state index in [0.717, 1.165) is 70.3 Å². The Balaban J connectivity index is 1.18. The largest absolute Gasteiger partial charge is 0.508 e. The van der Waals surface area contributed by atoms with Gasteiger partial charge in [0, 0.05) is 71.5 Å². The zero-order chi connectivity index (χ0) is 35.9. The molecule has 4 unspecified atom stereocenters. The molecular weight excluding hydrogens is 702 g/mol. The number of aromatic nitrogens is 2. The number of nitrogens with zero attached hydrogens (tertiary/aromatic N) is 4. The fourth-order valence-corrected chi connectivity index (χ4v) is 9.44. The average molecular weight is 738 g/mol. The maximum absolute atomic E-state index is 17.4. The Labute approximate surface area is 301 Å². The molecule has 3 aromatic carbocycles. The van der Waals surface area contributed by atoms with Crippen molar-refractivity contribution in [2.75, 3.05) is 44.2 Å². The fourth-order valence-electron chi connectivity index (χ4n) is 8.71. The van der Waals surface area contributed by atoms with Gasteiger partial charge >= 0.3 is 11.5 Å². The molecule has 1 aliphatic carbocycles. The molecular formula is C38H36F5N5O3S. The van der Waals surface area contributed by atoms with E-state index in [1.54, 1.807) is 0 Å². The number of nitrogens with one attached hydrogen (secondary N) is 1. The van der Waals surface area contributed by atoms with Crippen molar-refractivity contribution >= 4 is 39.3 Å². The highest BCUT2D eigenvalue weighted by atomic mass is 32.2. The van der Waals surface area contributed by atoms with Crippen molar-refractivity contribution in [2.45, 2.75) is 73.2 Å². The monoisotopic (exact) mass is 737 g/mol. The minimum atomic E-state index is -4.82. The number of benzene rings is 3. The quantitative estimate of drug-likeness (QED) is 0.113. The van der Waals surface area contributed by atoms with E-state index < -0.39 is 39.4 Å². The standard InChI is InChI=1S/C38H36F5N5O3S/c1-2-26-29(39)8-3-20-11-23(49)12-27(31(20)26)32-30(52-38(41,42)43)13-28-34(33(32)40)45-36(46-35(28)48-14-21-4-5-22(15-48)44-21)50-19-37(9-10-37)18-47-16-24-6-7-25(17-47)51-24/h1,3,8,11-13,21-22,24-25,44,49H,4-7,9-10,14-19H2. The first-order chi connectivity index (χ1) is 24.9. The highest BCUT2D eigenvalue weighted by molar-refractivity contribution is 8.00. The number of terminal acetylenes is 1. The maximum atomic E-state index is 17.4. The summed E-state index contributed by atoms with van der Waals surface area (Å²) in [6, 6.07) is 6.32. The summed E-state index contributed by atoms with van der Waals surface area (Å²) in [5, 5.41) is 14.6. The smallest absolute Gasteiger partial charge is 0.446 e. The average Bonchev–Trinajstić information content (AvgIpc) is 3.66. The Morgan fingerprint density at radius 1 is 1.02 bits per heavy atom. The van der Waals surface area contributed by atoms with Crippen LogP contribution in [0.25, 0.3) is 32.8 Å². The summed E-state index contributed by atoms with van der Waals surface area (Å²) in [4.78, 5) is 13.2. The van der Waals surface area contributed by atoms with Gasteiger partial charge in [0.25, 0.3) is 0 Å². The Morgan fingerprint density at radius 3 is 2.42 bits per heavy atom. The molecule has 0 spiro atoms. The summed E-state index contributed by atoms with van der Waals surface area (Å²) in [6.07, 6.45) is 12.1. The SMILES string of the molecule is C#Cc1c(F)ccc2cc(O)cc(-c3c(SC(F)(F)F)cc4c(N5CC6CCC(C5)N6)nc(OCC5(CN6CC7CCC(C6)O7)CC5)nc4c3F)c12. The van der Waals surface area contributed by atoms with Gasteiger partial charge in [-0.25, -0.2) is 8.78 Å². The Morgan fingerprint density at radius 2 is 1.75 bits per heavy atom. The van der Waals surface area contributed by atoms with Gasteiger partial charge in [-0.1, -0.05) is 12.0 Å². The van der Waals surface area contributed by atoms with Gasteiger partial charge in [0.1, 0.15) is 22.9 Å². The van der Waals surface area contributed by atoms with Gasteiger partial charge in [0.15, 0.2) is 5.82 Å². The second-order valence-electron chi connectivity index (χ2n) is 15.0. The second-order valence-corrected chi connectivity index (χ2v) is 16.1. The molecule has 0 amide bonds. The number of phenols is 1. The molecule has 4 bridgehead atoms. The lowest BCUT2D eigenvalue weighted by Crippen LogP contribution is -2.51. The van der Waals surface area contributed by atoms with Gasteiger partial charge in [0.2, 0.25) is 0 Å². The van der Waals surface area contributed by atoms with Crippen LogP contribution in [0.4, 0.5) is 27.8 Å². The summed E-state index contributed by atoms with van der Waals surface area (Å²) in [5.41, 5.74) is -6.13. The molecule has 5 aliphatic rings.